The molecule has 1 unspecified atom stereocenters. The minimum Gasteiger partial charge on any atom is -0.493 e. The first kappa shape index (κ1) is 41.2. The van der Waals surface area contributed by atoms with E-state index in [1.54, 1.807) is 34.8 Å². The van der Waals surface area contributed by atoms with E-state index in [1.165, 1.54) is 12.0 Å². The van der Waals surface area contributed by atoms with Crippen LogP contribution in [0.15, 0.2) is 78.9 Å². The molecule has 3 atom stereocenters. The van der Waals surface area contributed by atoms with Crippen LogP contribution in [0.5, 0.6) is 11.5 Å². The molecule has 8 nitrogen and oxygen atoms in total. The van der Waals surface area contributed by atoms with Crippen LogP contribution < -0.4 is 9.47 Å². The van der Waals surface area contributed by atoms with Crippen LogP contribution in [0.1, 0.15) is 100 Å². The van der Waals surface area contributed by atoms with Gasteiger partial charge in [0.2, 0.25) is 0 Å². The number of benzene rings is 4. The van der Waals surface area contributed by atoms with Crippen molar-refractivity contribution in [3.63, 3.8) is 0 Å². The van der Waals surface area contributed by atoms with Crippen molar-refractivity contribution in [2.45, 2.75) is 85.7 Å². The third-order valence-corrected chi connectivity index (χ3v) is 16.2. The molecule has 63 heavy (non-hydrogen) atoms. The van der Waals surface area contributed by atoms with Crippen molar-refractivity contribution in [1.29, 1.82) is 0 Å². The average Bonchev–Trinajstić information content (AvgIpc) is 3.76. The molecule has 0 saturated heterocycles. The standard InChI is InChI=1S/C53H50N2O6S2/c1-26-17-27(2)19-35(18-26)61-43-15-12-29(4)49-47(43)39(53(58)59)24-41(55-49)51-31(6)37-22-33(13-16-45(37)63-51)34-20-32(21-34)25-60-42-14-11-28(3)48-46(42)38(52(56)57)23-40(54-48)50-30(5)36-9-7-8-10-44(36)62-50/h7-16,22-24,26-27,32,34-35H,17-21,25H2,1-6H3,(H,56,57)(H,58,59)/t26-,27+,32?,34?,35?. The first-order chi connectivity index (χ1) is 30.3. The van der Waals surface area contributed by atoms with Crippen LogP contribution in [0.4, 0.5) is 0 Å². The summed E-state index contributed by atoms with van der Waals surface area (Å²) in [5.41, 5.74) is 8.34. The molecule has 8 aromatic rings. The molecule has 0 radical (unpaired) electrons. The third kappa shape index (κ3) is 7.40. The van der Waals surface area contributed by atoms with Gasteiger partial charge >= 0.3 is 11.9 Å². The molecular weight excluding hydrogens is 825 g/mol. The van der Waals surface area contributed by atoms with Crippen molar-refractivity contribution in [2.24, 2.45) is 17.8 Å². The maximum absolute atomic E-state index is 12.9. The quantitative estimate of drug-likeness (QED) is 0.139. The Bertz CT molecular complexity index is 3150. The van der Waals surface area contributed by atoms with Gasteiger partial charge in [-0.05, 0) is 165 Å². The molecule has 0 bridgehead atoms. The number of hydrogen-bond donors (Lipinski definition) is 2. The van der Waals surface area contributed by atoms with Gasteiger partial charge in [-0.3, -0.25) is 0 Å². The van der Waals surface area contributed by atoms with Crippen molar-refractivity contribution in [3.05, 3.63) is 118 Å². The zero-order valence-corrected chi connectivity index (χ0v) is 38.0. The smallest absolute Gasteiger partial charge is 0.336 e. The van der Waals surface area contributed by atoms with Gasteiger partial charge in [-0.25, -0.2) is 19.6 Å². The van der Waals surface area contributed by atoms with Crippen LogP contribution in [0.2, 0.25) is 0 Å². The lowest BCUT2D eigenvalue weighted by atomic mass is 9.71. The Morgan fingerprint density at radius 3 is 1.81 bits per heavy atom. The van der Waals surface area contributed by atoms with E-state index in [4.69, 9.17) is 19.4 Å². The average molecular weight is 875 g/mol. The van der Waals surface area contributed by atoms with Crippen molar-refractivity contribution >= 4 is 76.6 Å². The van der Waals surface area contributed by atoms with Crippen molar-refractivity contribution in [1.82, 2.24) is 9.97 Å². The molecule has 0 aliphatic heterocycles. The number of rotatable bonds is 10. The summed E-state index contributed by atoms with van der Waals surface area (Å²) in [6, 6.07) is 26.1. The van der Waals surface area contributed by atoms with E-state index < -0.39 is 11.9 Å². The normalized spacial score (nSPS) is 20.1. The number of ether oxygens (including phenoxy) is 2. The third-order valence-electron chi connectivity index (χ3n) is 13.6. The number of nitrogens with zero attached hydrogens (tertiary/aromatic N) is 2. The van der Waals surface area contributed by atoms with Gasteiger partial charge in [0.1, 0.15) is 11.5 Å². The number of thiophene rings is 2. The highest BCUT2D eigenvalue weighted by Crippen LogP contribution is 2.47. The van der Waals surface area contributed by atoms with Crippen LogP contribution in [0.3, 0.4) is 0 Å². The van der Waals surface area contributed by atoms with Gasteiger partial charge in [0, 0.05) is 9.40 Å². The van der Waals surface area contributed by atoms with Gasteiger partial charge in [-0.15, -0.1) is 22.7 Å². The van der Waals surface area contributed by atoms with E-state index in [0.717, 1.165) is 77.9 Å². The molecule has 10 rings (SSSR count). The first-order valence-corrected chi connectivity index (χ1v) is 23.6. The maximum Gasteiger partial charge on any atom is 0.336 e. The molecule has 4 heterocycles. The zero-order chi connectivity index (χ0) is 43.8. The predicted molar refractivity (Wildman–Crippen MR) is 256 cm³/mol. The molecular formula is C53H50N2O6S2. The van der Waals surface area contributed by atoms with E-state index in [-0.39, 0.29) is 17.2 Å². The highest BCUT2D eigenvalue weighted by atomic mass is 32.1. The molecule has 0 spiro atoms. The molecule has 2 aliphatic rings. The number of pyridine rings is 2. The zero-order valence-electron chi connectivity index (χ0n) is 36.4. The summed E-state index contributed by atoms with van der Waals surface area (Å²) >= 11 is 3.29. The van der Waals surface area contributed by atoms with Gasteiger partial charge < -0.3 is 19.7 Å². The van der Waals surface area contributed by atoms with Crippen LogP contribution in [0, 0.1) is 45.4 Å². The second-order valence-electron chi connectivity index (χ2n) is 18.3. The summed E-state index contributed by atoms with van der Waals surface area (Å²) in [6.45, 7) is 13.1. The van der Waals surface area contributed by atoms with Crippen LogP contribution >= 0.6 is 22.7 Å². The number of fused-ring (bicyclic) bond motifs is 4. The summed E-state index contributed by atoms with van der Waals surface area (Å²) in [7, 11) is 0. The molecule has 2 fully saturated rings. The van der Waals surface area contributed by atoms with Crippen molar-refractivity contribution in [2.75, 3.05) is 6.61 Å². The van der Waals surface area contributed by atoms with E-state index >= 15 is 0 Å². The minimum atomic E-state index is -1.00. The molecule has 4 aromatic heterocycles. The lowest BCUT2D eigenvalue weighted by molar-refractivity contribution is 0.0687. The largest absolute Gasteiger partial charge is 0.493 e. The number of carboxylic acid groups (broad SMARTS) is 2. The van der Waals surface area contributed by atoms with Gasteiger partial charge in [0.15, 0.2) is 0 Å². The number of aromatic carboxylic acids is 2. The fourth-order valence-corrected chi connectivity index (χ4v) is 12.6. The van der Waals surface area contributed by atoms with E-state index in [0.29, 0.717) is 75.0 Å². The van der Waals surface area contributed by atoms with Gasteiger partial charge in [0.25, 0.3) is 0 Å². The summed E-state index contributed by atoms with van der Waals surface area (Å²) in [5.74, 6) is 0.971. The molecule has 320 valence electrons. The Labute approximate surface area is 374 Å². The Morgan fingerprint density at radius 1 is 0.651 bits per heavy atom. The van der Waals surface area contributed by atoms with E-state index in [2.05, 4.69) is 58.0 Å². The molecule has 10 heteroatoms. The van der Waals surface area contributed by atoms with Crippen LogP contribution in [-0.2, 0) is 0 Å². The highest BCUT2D eigenvalue weighted by molar-refractivity contribution is 7.22. The second kappa shape index (κ2) is 16.1. The number of aromatic nitrogens is 2. The Balaban J connectivity index is 0.883. The fourth-order valence-electron chi connectivity index (χ4n) is 10.3. The maximum atomic E-state index is 12.9. The topological polar surface area (TPSA) is 119 Å². The molecule has 0 amide bonds. The van der Waals surface area contributed by atoms with Crippen molar-refractivity contribution < 1.29 is 29.3 Å². The molecule has 4 aromatic carbocycles. The molecule has 2 aliphatic carbocycles. The minimum absolute atomic E-state index is 0.0451. The Kier molecular flexibility index (Phi) is 10.5. The van der Waals surface area contributed by atoms with E-state index in [1.807, 2.05) is 50.2 Å². The fraction of sp³-hybridized carbons (Fsp3) is 0.321. The Hall–Kier alpha value is -5.84. The van der Waals surface area contributed by atoms with Gasteiger partial charge in [-0.2, -0.15) is 0 Å². The van der Waals surface area contributed by atoms with Crippen LogP contribution in [-0.4, -0.2) is 44.8 Å². The highest BCUT2D eigenvalue weighted by Gasteiger charge is 2.32. The van der Waals surface area contributed by atoms with Gasteiger partial charge in [0.05, 0.1) is 66.8 Å². The molecule has 2 N–H and O–H groups in total. The number of carboxylic acids is 2. The van der Waals surface area contributed by atoms with Crippen molar-refractivity contribution in [3.8, 4) is 32.6 Å². The lowest BCUT2D eigenvalue weighted by Crippen LogP contribution is -2.28. The SMILES string of the molecule is Cc1c(-c2cc(C(=O)O)c3c(OCC4CC(c5ccc6sc(-c7cc(C(=O)O)c8c(OC9C[C@@H](C)C[C@@H](C)C9)ccc(C)c8n7)c(C)c6c5)C4)ccc(C)c3n2)sc2ccccc12. The van der Waals surface area contributed by atoms with Crippen LogP contribution in [0.25, 0.3) is 63.1 Å². The monoisotopic (exact) mass is 874 g/mol. The van der Waals surface area contributed by atoms with E-state index in [9.17, 15) is 19.8 Å². The second-order valence-corrected chi connectivity index (χ2v) is 20.4. The molecule has 2 saturated carbocycles. The number of carbonyl (C=O) groups is 2. The lowest BCUT2D eigenvalue weighted by Gasteiger charge is -2.35. The number of hydrogen-bond acceptors (Lipinski definition) is 8. The predicted octanol–water partition coefficient (Wildman–Crippen LogP) is 14.0. The summed E-state index contributed by atoms with van der Waals surface area (Å²) in [4.78, 5) is 37.9. The van der Waals surface area contributed by atoms with Gasteiger partial charge in [-0.1, -0.05) is 50.2 Å². The summed E-state index contributed by atoms with van der Waals surface area (Å²) in [6.07, 6.45) is 5.07. The summed E-state index contributed by atoms with van der Waals surface area (Å²) in [5, 5.41) is 24.5. The Morgan fingerprint density at radius 2 is 1.21 bits per heavy atom. The first-order valence-electron chi connectivity index (χ1n) is 22.0. The number of aryl methyl sites for hydroxylation is 4. The summed E-state index contributed by atoms with van der Waals surface area (Å²) < 4.78 is 15.4.